The van der Waals surface area contributed by atoms with Gasteiger partial charge in [-0.25, -0.2) is 0 Å². The van der Waals surface area contributed by atoms with E-state index in [0.29, 0.717) is 23.5 Å². The monoisotopic (exact) mass is 359 g/mol. The number of hydrogen-bond acceptors (Lipinski definition) is 3. The van der Waals surface area contributed by atoms with E-state index in [-0.39, 0.29) is 22.9 Å². The summed E-state index contributed by atoms with van der Waals surface area (Å²) in [7, 11) is 0. The number of carbonyl (C=O) groups excluding carboxylic acids is 3. The summed E-state index contributed by atoms with van der Waals surface area (Å²) >= 11 is 0. The quantitative estimate of drug-likeness (QED) is 0.586. The maximum Gasteiger partial charge on any atom is 0.255 e. The zero-order valence-corrected chi connectivity index (χ0v) is 14.3. The molecule has 0 heterocycles. The van der Waals surface area contributed by atoms with Crippen LogP contribution < -0.4 is 16.0 Å². The van der Waals surface area contributed by atoms with Crippen LogP contribution in [0.15, 0.2) is 78.9 Å². The average molecular weight is 359 g/mol. The van der Waals surface area contributed by atoms with Crippen molar-refractivity contribution in [2.75, 3.05) is 16.0 Å². The molecule has 0 aliphatic heterocycles. The van der Waals surface area contributed by atoms with Crippen LogP contribution in [-0.4, -0.2) is 18.2 Å². The Bertz CT molecular complexity index is 885. The number of benzene rings is 3. The van der Waals surface area contributed by atoms with E-state index in [0.717, 1.165) is 0 Å². The summed E-state index contributed by atoms with van der Waals surface area (Å²) < 4.78 is 0. The Morgan fingerprint density at radius 1 is 0.630 bits per heavy atom. The maximum atomic E-state index is 12.5. The Morgan fingerprint density at radius 2 is 1.07 bits per heavy atom. The predicted octanol–water partition coefficient (Wildman–Crippen LogP) is 3.76. The normalized spacial score (nSPS) is 9.93. The van der Waals surface area contributed by atoms with Gasteiger partial charge in [0.25, 0.3) is 11.8 Å². The Morgan fingerprint density at radius 3 is 1.48 bits per heavy atom. The lowest BCUT2D eigenvalue weighted by atomic mass is 10.1. The van der Waals surface area contributed by atoms with Crippen molar-refractivity contribution in [3.63, 3.8) is 0 Å². The van der Waals surface area contributed by atoms with Crippen molar-refractivity contribution in [3.05, 3.63) is 90.0 Å². The second-order valence-corrected chi connectivity index (χ2v) is 5.70. The van der Waals surface area contributed by atoms with Crippen molar-refractivity contribution in [3.8, 4) is 0 Å². The molecule has 3 aromatic carbocycles. The molecule has 27 heavy (non-hydrogen) atoms. The SMILES string of the molecule is O=CNc1cc(C(=O)Nc2ccccc2)cc(C(=O)Nc2ccccc2)c1. The highest BCUT2D eigenvalue weighted by molar-refractivity contribution is 6.10. The van der Waals surface area contributed by atoms with Crippen LogP contribution in [0, 0.1) is 0 Å². The lowest BCUT2D eigenvalue weighted by molar-refractivity contribution is -0.105. The summed E-state index contributed by atoms with van der Waals surface area (Å²) in [4.78, 5) is 35.9. The van der Waals surface area contributed by atoms with Gasteiger partial charge in [0, 0.05) is 28.2 Å². The standard InChI is InChI=1S/C21H17N3O3/c25-14-22-19-12-15(20(26)23-17-7-3-1-4-8-17)11-16(13-19)21(27)24-18-9-5-2-6-10-18/h1-14H,(H,22,25)(H,23,26)(H,24,27). The van der Waals surface area contributed by atoms with E-state index in [2.05, 4.69) is 16.0 Å². The molecule has 0 bridgehead atoms. The molecule has 3 N–H and O–H groups in total. The van der Waals surface area contributed by atoms with Gasteiger partial charge in [-0.3, -0.25) is 14.4 Å². The fraction of sp³-hybridized carbons (Fsp3) is 0. The fourth-order valence-electron chi connectivity index (χ4n) is 2.49. The van der Waals surface area contributed by atoms with Gasteiger partial charge in [-0.1, -0.05) is 36.4 Å². The molecule has 6 heteroatoms. The highest BCUT2D eigenvalue weighted by atomic mass is 16.2. The highest BCUT2D eigenvalue weighted by Crippen LogP contribution is 2.18. The van der Waals surface area contributed by atoms with Gasteiger partial charge in [0.15, 0.2) is 0 Å². The van der Waals surface area contributed by atoms with Gasteiger partial charge in [-0.2, -0.15) is 0 Å². The molecule has 3 rings (SSSR count). The molecular weight excluding hydrogens is 342 g/mol. The van der Waals surface area contributed by atoms with Gasteiger partial charge in [0.05, 0.1) is 0 Å². The summed E-state index contributed by atoms with van der Waals surface area (Å²) in [5.41, 5.74) is 2.12. The second kappa shape index (κ2) is 8.44. The third-order valence-corrected chi connectivity index (χ3v) is 3.75. The summed E-state index contributed by atoms with van der Waals surface area (Å²) in [6.07, 6.45) is 0.493. The molecule has 0 aliphatic rings. The highest BCUT2D eigenvalue weighted by Gasteiger charge is 2.14. The number of nitrogens with one attached hydrogen (secondary N) is 3. The first-order chi connectivity index (χ1) is 13.2. The molecule has 0 fully saturated rings. The molecule has 0 aliphatic carbocycles. The molecule has 0 radical (unpaired) electrons. The number of rotatable bonds is 6. The Labute approximate surface area is 156 Å². The Kier molecular flexibility index (Phi) is 5.59. The topological polar surface area (TPSA) is 87.3 Å². The van der Waals surface area contributed by atoms with E-state index in [4.69, 9.17) is 0 Å². The van der Waals surface area contributed by atoms with Gasteiger partial charge in [-0.15, -0.1) is 0 Å². The molecule has 6 nitrogen and oxygen atoms in total. The minimum atomic E-state index is -0.385. The van der Waals surface area contributed by atoms with Crippen molar-refractivity contribution in [1.29, 1.82) is 0 Å². The first kappa shape index (κ1) is 17.9. The minimum absolute atomic E-state index is 0.254. The zero-order valence-electron chi connectivity index (χ0n) is 14.3. The van der Waals surface area contributed by atoms with Gasteiger partial charge in [0.1, 0.15) is 0 Å². The summed E-state index contributed by atoms with van der Waals surface area (Å²) in [5, 5.41) is 8.00. The van der Waals surface area contributed by atoms with E-state index < -0.39 is 0 Å². The Hall–Kier alpha value is -3.93. The molecular formula is C21H17N3O3. The zero-order chi connectivity index (χ0) is 19.1. The first-order valence-corrected chi connectivity index (χ1v) is 8.24. The third-order valence-electron chi connectivity index (χ3n) is 3.75. The van der Waals surface area contributed by atoms with E-state index in [1.165, 1.54) is 18.2 Å². The van der Waals surface area contributed by atoms with Gasteiger partial charge in [0.2, 0.25) is 6.41 Å². The molecule has 0 saturated carbocycles. The molecule has 0 spiro atoms. The molecule has 3 aromatic rings. The van der Waals surface area contributed by atoms with E-state index in [1.54, 1.807) is 48.5 Å². The predicted molar refractivity (Wildman–Crippen MR) is 105 cm³/mol. The summed E-state index contributed by atoms with van der Waals surface area (Å²) in [6, 6.07) is 22.4. The van der Waals surface area contributed by atoms with E-state index >= 15 is 0 Å². The average Bonchev–Trinajstić information content (AvgIpc) is 2.69. The van der Waals surface area contributed by atoms with Crippen LogP contribution in [0.2, 0.25) is 0 Å². The number of hydrogen-bond donors (Lipinski definition) is 3. The lowest BCUT2D eigenvalue weighted by Gasteiger charge is -2.10. The number of carbonyl (C=O) groups is 3. The van der Waals surface area contributed by atoms with Crippen LogP contribution in [0.4, 0.5) is 17.1 Å². The third kappa shape index (κ3) is 4.79. The number of anilines is 3. The number of para-hydroxylation sites is 2. The Balaban J connectivity index is 1.86. The van der Waals surface area contributed by atoms with Crippen molar-refractivity contribution in [2.45, 2.75) is 0 Å². The fourth-order valence-corrected chi connectivity index (χ4v) is 2.49. The van der Waals surface area contributed by atoms with Crippen LogP contribution >= 0.6 is 0 Å². The van der Waals surface area contributed by atoms with E-state index in [1.807, 2.05) is 12.1 Å². The van der Waals surface area contributed by atoms with Crippen LogP contribution in [-0.2, 0) is 4.79 Å². The first-order valence-electron chi connectivity index (χ1n) is 8.24. The number of amides is 3. The summed E-state index contributed by atoms with van der Waals surface area (Å²) in [5.74, 6) is -0.769. The lowest BCUT2D eigenvalue weighted by Crippen LogP contribution is -2.16. The largest absolute Gasteiger partial charge is 0.329 e. The van der Waals surface area contributed by atoms with Gasteiger partial charge >= 0.3 is 0 Å². The molecule has 0 aromatic heterocycles. The minimum Gasteiger partial charge on any atom is -0.329 e. The molecule has 134 valence electrons. The molecule has 0 saturated heterocycles. The van der Waals surface area contributed by atoms with Crippen molar-refractivity contribution >= 4 is 35.3 Å². The molecule has 0 unspecified atom stereocenters. The maximum absolute atomic E-state index is 12.5. The molecule has 3 amide bonds. The van der Waals surface area contributed by atoms with Gasteiger partial charge in [-0.05, 0) is 42.5 Å². The van der Waals surface area contributed by atoms with Crippen molar-refractivity contribution in [1.82, 2.24) is 0 Å². The van der Waals surface area contributed by atoms with Gasteiger partial charge < -0.3 is 16.0 Å². The second-order valence-electron chi connectivity index (χ2n) is 5.70. The van der Waals surface area contributed by atoms with E-state index in [9.17, 15) is 14.4 Å². The molecule has 0 atom stereocenters. The van der Waals surface area contributed by atoms with Crippen LogP contribution in [0.25, 0.3) is 0 Å². The summed E-state index contributed by atoms with van der Waals surface area (Å²) in [6.45, 7) is 0. The van der Waals surface area contributed by atoms with Crippen LogP contribution in [0.1, 0.15) is 20.7 Å². The van der Waals surface area contributed by atoms with Crippen molar-refractivity contribution in [2.24, 2.45) is 0 Å². The smallest absolute Gasteiger partial charge is 0.255 e. The van der Waals surface area contributed by atoms with Crippen molar-refractivity contribution < 1.29 is 14.4 Å². The van der Waals surface area contributed by atoms with Crippen LogP contribution in [0.3, 0.4) is 0 Å². The van der Waals surface area contributed by atoms with Crippen LogP contribution in [0.5, 0.6) is 0 Å².